The number of carbonyl (C=O) groups is 1. The van der Waals surface area contributed by atoms with Crippen molar-refractivity contribution in [2.45, 2.75) is 13.5 Å². The predicted molar refractivity (Wildman–Crippen MR) is 107 cm³/mol. The minimum Gasteiger partial charge on any atom is -0.348 e. The molecule has 2 aromatic carbocycles. The summed E-state index contributed by atoms with van der Waals surface area (Å²) in [6.45, 7) is 1.95. The van der Waals surface area contributed by atoms with Gasteiger partial charge in [0.2, 0.25) is 0 Å². The maximum atomic E-state index is 13.7. The van der Waals surface area contributed by atoms with Gasteiger partial charge in [0.15, 0.2) is 0 Å². The van der Waals surface area contributed by atoms with Crippen molar-refractivity contribution in [3.8, 4) is 11.3 Å². The van der Waals surface area contributed by atoms with Gasteiger partial charge in [-0.2, -0.15) is 0 Å². The third-order valence-corrected chi connectivity index (χ3v) is 4.61. The minimum absolute atomic E-state index is 0.232. The first-order valence-corrected chi connectivity index (χ1v) is 8.95. The van der Waals surface area contributed by atoms with E-state index in [1.807, 2.05) is 42.5 Å². The molecule has 1 N–H and O–H groups in total. The van der Waals surface area contributed by atoms with E-state index < -0.39 is 0 Å². The molecule has 0 spiro atoms. The Morgan fingerprint density at radius 3 is 2.71 bits per heavy atom. The number of hydrogen-bond donors (Lipinski definition) is 1. The standard InChI is InChI=1S/C23H18FN3O/c1-15-8-9-16(11-20(15)24)13-26-23(28)19-12-22(17-5-4-10-25-14-17)27-21-7-3-2-6-18(19)21/h2-12,14H,13H2,1H3,(H,26,28). The molecule has 0 aliphatic carbocycles. The Morgan fingerprint density at radius 2 is 1.93 bits per heavy atom. The van der Waals surface area contributed by atoms with Crippen LogP contribution >= 0.6 is 0 Å². The number of pyridine rings is 2. The summed E-state index contributed by atoms with van der Waals surface area (Å²) in [6.07, 6.45) is 3.41. The van der Waals surface area contributed by atoms with E-state index in [-0.39, 0.29) is 18.3 Å². The van der Waals surface area contributed by atoms with Crippen molar-refractivity contribution in [2.24, 2.45) is 0 Å². The molecule has 0 fully saturated rings. The fourth-order valence-electron chi connectivity index (χ4n) is 3.05. The third-order valence-electron chi connectivity index (χ3n) is 4.61. The molecule has 2 heterocycles. The quantitative estimate of drug-likeness (QED) is 0.567. The molecule has 28 heavy (non-hydrogen) atoms. The van der Waals surface area contributed by atoms with Gasteiger partial charge in [-0.05, 0) is 48.4 Å². The summed E-state index contributed by atoms with van der Waals surface area (Å²) in [5.41, 5.74) is 4.06. The molecule has 1 amide bonds. The van der Waals surface area contributed by atoms with Crippen LogP contribution in [-0.2, 0) is 6.54 Å². The molecule has 138 valence electrons. The number of aromatic nitrogens is 2. The van der Waals surface area contributed by atoms with Crippen molar-refractivity contribution in [2.75, 3.05) is 0 Å². The summed E-state index contributed by atoms with van der Waals surface area (Å²) < 4.78 is 13.7. The largest absolute Gasteiger partial charge is 0.348 e. The number of fused-ring (bicyclic) bond motifs is 1. The summed E-state index contributed by atoms with van der Waals surface area (Å²) in [6, 6.07) is 18.0. The Hall–Kier alpha value is -3.60. The number of amides is 1. The summed E-state index contributed by atoms with van der Waals surface area (Å²) in [7, 11) is 0. The Bertz CT molecular complexity index is 1160. The van der Waals surface area contributed by atoms with E-state index >= 15 is 0 Å². The van der Waals surface area contributed by atoms with Crippen molar-refractivity contribution in [1.29, 1.82) is 0 Å². The number of para-hydroxylation sites is 1. The summed E-state index contributed by atoms with van der Waals surface area (Å²) in [4.78, 5) is 21.7. The Kier molecular flexibility index (Phi) is 4.81. The zero-order chi connectivity index (χ0) is 19.5. The number of nitrogens with zero attached hydrogens (tertiary/aromatic N) is 2. The molecule has 0 unspecified atom stereocenters. The van der Waals surface area contributed by atoms with Gasteiger partial charge in [0.1, 0.15) is 5.82 Å². The highest BCUT2D eigenvalue weighted by atomic mass is 19.1. The predicted octanol–water partition coefficient (Wildman–Crippen LogP) is 4.67. The van der Waals surface area contributed by atoms with E-state index in [1.165, 1.54) is 6.07 Å². The van der Waals surface area contributed by atoms with Crippen LogP contribution in [0.4, 0.5) is 4.39 Å². The summed E-state index contributed by atoms with van der Waals surface area (Å²) in [5, 5.41) is 3.65. The van der Waals surface area contributed by atoms with Crippen LogP contribution in [-0.4, -0.2) is 15.9 Å². The topological polar surface area (TPSA) is 54.9 Å². The number of benzene rings is 2. The fourth-order valence-corrected chi connectivity index (χ4v) is 3.05. The number of nitrogens with one attached hydrogen (secondary N) is 1. The lowest BCUT2D eigenvalue weighted by Crippen LogP contribution is -2.23. The second-order valence-corrected chi connectivity index (χ2v) is 6.58. The van der Waals surface area contributed by atoms with Crippen LogP contribution in [0, 0.1) is 12.7 Å². The molecule has 0 saturated carbocycles. The molecular weight excluding hydrogens is 353 g/mol. The molecule has 0 saturated heterocycles. The van der Waals surface area contributed by atoms with Gasteiger partial charge in [0.05, 0.1) is 16.8 Å². The van der Waals surface area contributed by atoms with E-state index in [4.69, 9.17) is 0 Å². The van der Waals surface area contributed by atoms with Gasteiger partial charge >= 0.3 is 0 Å². The first-order chi connectivity index (χ1) is 13.6. The molecule has 4 rings (SSSR count). The number of rotatable bonds is 4. The first kappa shape index (κ1) is 17.8. The average molecular weight is 371 g/mol. The van der Waals surface area contributed by atoms with Gasteiger partial charge in [0, 0.05) is 29.9 Å². The molecule has 2 aromatic heterocycles. The first-order valence-electron chi connectivity index (χ1n) is 8.95. The fraction of sp³-hybridized carbons (Fsp3) is 0.0870. The van der Waals surface area contributed by atoms with Crippen LogP contribution < -0.4 is 5.32 Å². The maximum absolute atomic E-state index is 13.7. The van der Waals surface area contributed by atoms with E-state index in [0.717, 1.165) is 16.5 Å². The second kappa shape index (κ2) is 7.56. The summed E-state index contributed by atoms with van der Waals surface area (Å²) in [5.74, 6) is -0.510. The highest BCUT2D eigenvalue weighted by Crippen LogP contribution is 2.24. The van der Waals surface area contributed by atoms with Crippen molar-refractivity contribution < 1.29 is 9.18 Å². The van der Waals surface area contributed by atoms with Crippen molar-refractivity contribution >= 4 is 16.8 Å². The van der Waals surface area contributed by atoms with Crippen LogP contribution in [0.2, 0.25) is 0 Å². The van der Waals surface area contributed by atoms with Crippen LogP contribution in [0.15, 0.2) is 73.1 Å². The number of aryl methyl sites for hydroxylation is 1. The average Bonchev–Trinajstić information content (AvgIpc) is 2.74. The van der Waals surface area contributed by atoms with E-state index in [2.05, 4.69) is 15.3 Å². The molecule has 0 bridgehead atoms. The van der Waals surface area contributed by atoms with E-state index in [9.17, 15) is 9.18 Å². The lowest BCUT2D eigenvalue weighted by Gasteiger charge is -2.11. The number of halogens is 1. The Balaban J connectivity index is 1.68. The molecule has 0 atom stereocenters. The van der Waals surface area contributed by atoms with Crippen LogP contribution in [0.3, 0.4) is 0 Å². The Labute approximate surface area is 162 Å². The number of carbonyl (C=O) groups excluding carboxylic acids is 1. The van der Waals surface area contributed by atoms with Gasteiger partial charge in [-0.15, -0.1) is 0 Å². The Morgan fingerprint density at radius 1 is 1.07 bits per heavy atom. The molecule has 5 heteroatoms. The lowest BCUT2D eigenvalue weighted by atomic mass is 10.0. The maximum Gasteiger partial charge on any atom is 0.252 e. The van der Waals surface area contributed by atoms with Gasteiger partial charge < -0.3 is 5.32 Å². The van der Waals surface area contributed by atoms with Crippen molar-refractivity contribution in [1.82, 2.24) is 15.3 Å². The monoisotopic (exact) mass is 371 g/mol. The van der Waals surface area contributed by atoms with Crippen molar-refractivity contribution in [3.63, 3.8) is 0 Å². The van der Waals surface area contributed by atoms with Crippen LogP contribution in [0.5, 0.6) is 0 Å². The summed E-state index contributed by atoms with van der Waals surface area (Å²) >= 11 is 0. The lowest BCUT2D eigenvalue weighted by molar-refractivity contribution is 0.0952. The minimum atomic E-state index is -0.278. The van der Waals surface area contributed by atoms with Gasteiger partial charge in [-0.3, -0.25) is 9.78 Å². The molecule has 0 radical (unpaired) electrons. The molecule has 0 aliphatic rings. The zero-order valence-electron chi connectivity index (χ0n) is 15.3. The highest BCUT2D eigenvalue weighted by molar-refractivity contribution is 6.07. The normalized spacial score (nSPS) is 10.8. The molecular formula is C23H18FN3O. The highest BCUT2D eigenvalue weighted by Gasteiger charge is 2.14. The van der Waals surface area contributed by atoms with Crippen LogP contribution in [0.1, 0.15) is 21.5 Å². The zero-order valence-corrected chi connectivity index (χ0v) is 15.3. The molecule has 4 aromatic rings. The number of hydrogen-bond acceptors (Lipinski definition) is 3. The van der Waals surface area contributed by atoms with Gasteiger partial charge in [0.25, 0.3) is 5.91 Å². The van der Waals surface area contributed by atoms with Crippen molar-refractivity contribution in [3.05, 3.63) is 95.6 Å². The smallest absolute Gasteiger partial charge is 0.252 e. The second-order valence-electron chi connectivity index (χ2n) is 6.58. The van der Waals surface area contributed by atoms with Crippen LogP contribution in [0.25, 0.3) is 22.2 Å². The molecule has 4 nitrogen and oxygen atoms in total. The van der Waals surface area contributed by atoms with Gasteiger partial charge in [-0.25, -0.2) is 9.37 Å². The van der Waals surface area contributed by atoms with E-state index in [1.54, 1.807) is 31.5 Å². The van der Waals surface area contributed by atoms with E-state index in [0.29, 0.717) is 22.4 Å². The SMILES string of the molecule is Cc1ccc(CNC(=O)c2cc(-c3cccnc3)nc3ccccc23)cc1F. The van der Waals surface area contributed by atoms with Gasteiger partial charge in [-0.1, -0.05) is 30.3 Å². The molecule has 0 aliphatic heterocycles. The third kappa shape index (κ3) is 3.60.